The smallest absolute Gasteiger partial charge is 0.316 e. The molecule has 2 unspecified atom stereocenters. The van der Waals surface area contributed by atoms with Crippen LogP contribution in [0.2, 0.25) is 0 Å². The SMILES string of the molecule is C=C1Nc2nc(SCC)[nH]c(=O)c2C(c2ccc[nH+]c2)C1C(=O)OC(C)C. The van der Waals surface area contributed by atoms with Gasteiger partial charge in [-0.15, -0.1) is 0 Å². The number of fused-ring (bicyclic) bond motifs is 1. The lowest BCUT2D eigenvalue weighted by Gasteiger charge is -2.33. The Morgan fingerprint density at radius 1 is 1.48 bits per heavy atom. The zero-order valence-electron chi connectivity index (χ0n) is 15.5. The van der Waals surface area contributed by atoms with Crippen molar-refractivity contribution in [3.8, 4) is 0 Å². The number of thioether (sulfide) groups is 1. The van der Waals surface area contributed by atoms with E-state index in [9.17, 15) is 9.59 Å². The first-order valence-corrected chi connectivity index (χ1v) is 9.80. The Morgan fingerprint density at radius 2 is 2.26 bits per heavy atom. The predicted octanol–water partition coefficient (Wildman–Crippen LogP) is 2.33. The Morgan fingerprint density at radius 3 is 2.89 bits per heavy atom. The van der Waals surface area contributed by atoms with Gasteiger partial charge in [-0.1, -0.05) is 25.3 Å². The van der Waals surface area contributed by atoms with Crippen molar-refractivity contribution in [1.29, 1.82) is 0 Å². The Kier molecular flexibility index (Phi) is 5.65. The van der Waals surface area contributed by atoms with E-state index in [1.807, 2.05) is 19.1 Å². The molecule has 0 saturated heterocycles. The summed E-state index contributed by atoms with van der Waals surface area (Å²) in [6.07, 6.45) is 3.27. The number of pyridine rings is 1. The van der Waals surface area contributed by atoms with E-state index in [-0.39, 0.29) is 11.7 Å². The summed E-state index contributed by atoms with van der Waals surface area (Å²) in [5, 5.41) is 3.58. The van der Waals surface area contributed by atoms with Crippen LogP contribution in [0.4, 0.5) is 5.82 Å². The first-order chi connectivity index (χ1) is 12.9. The van der Waals surface area contributed by atoms with E-state index in [1.165, 1.54) is 11.8 Å². The quantitative estimate of drug-likeness (QED) is 0.464. The Balaban J connectivity index is 2.17. The van der Waals surface area contributed by atoms with Crippen LogP contribution in [0, 0.1) is 5.92 Å². The lowest BCUT2D eigenvalue weighted by molar-refractivity contribution is -0.378. The van der Waals surface area contributed by atoms with Crippen molar-refractivity contribution in [3.63, 3.8) is 0 Å². The summed E-state index contributed by atoms with van der Waals surface area (Å²) in [5.41, 5.74) is 1.39. The molecule has 0 amide bonds. The number of aromatic amines is 2. The standard InChI is InChI=1S/C19H22N4O3S/c1-5-27-19-22-16-15(17(24)23-19)14(12-7-6-8-20-9-12)13(11(4)21-16)18(25)26-10(2)3/h6-10,13-14H,4-5H2,1-3H3,(H2,21,22,23,24)/p+1. The van der Waals surface area contributed by atoms with Crippen molar-refractivity contribution in [2.45, 2.75) is 37.9 Å². The molecule has 1 aliphatic heterocycles. The molecule has 0 saturated carbocycles. The van der Waals surface area contributed by atoms with Gasteiger partial charge < -0.3 is 15.0 Å². The maximum absolute atomic E-state index is 12.9. The van der Waals surface area contributed by atoms with Gasteiger partial charge in [-0.2, -0.15) is 0 Å². The summed E-state index contributed by atoms with van der Waals surface area (Å²) in [4.78, 5) is 36.1. The molecular formula is C19H23N4O3S+. The number of H-pyrrole nitrogens is 2. The third-order valence-corrected chi connectivity index (χ3v) is 4.96. The summed E-state index contributed by atoms with van der Waals surface area (Å²) in [7, 11) is 0. The monoisotopic (exact) mass is 387 g/mol. The Bertz CT molecular complexity index is 911. The van der Waals surface area contributed by atoms with E-state index in [1.54, 1.807) is 26.2 Å². The zero-order valence-corrected chi connectivity index (χ0v) is 16.4. The van der Waals surface area contributed by atoms with Crippen LogP contribution in [-0.2, 0) is 9.53 Å². The highest BCUT2D eigenvalue weighted by atomic mass is 32.2. The van der Waals surface area contributed by atoms with Gasteiger partial charge in [0.05, 0.1) is 11.7 Å². The molecule has 3 rings (SSSR count). The molecule has 3 heterocycles. The molecule has 0 fully saturated rings. The molecule has 2 atom stereocenters. The summed E-state index contributed by atoms with van der Waals surface area (Å²) >= 11 is 1.44. The van der Waals surface area contributed by atoms with Crippen molar-refractivity contribution in [2.75, 3.05) is 11.1 Å². The van der Waals surface area contributed by atoms with E-state index >= 15 is 0 Å². The number of carbonyl (C=O) groups is 1. The van der Waals surface area contributed by atoms with Crippen LogP contribution in [0.25, 0.3) is 0 Å². The fourth-order valence-electron chi connectivity index (χ4n) is 3.19. The second-order valence-electron chi connectivity index (χ2n) is 6.49. The summed E-state index contributed by atoms with van der Waals surface area (Å²) in [5.74, 6) is -0.489. The van der Waals surface area contributed by atoms with Gasteiger partial charge in [-0.3, -0.25) is 9.59 Å². The van der Waals surface area contributed by atoms with Crippen molar-refractivity contribution < 1.29 is 14.5 Å². The average Bonchev–Trinajstić information content (AvgIpc) is 2.60. The third-order valence-electron chi connectivity index (χ3n) is 4.21. The first kappa shape index (κ1) is 19.2. The van der Waals surface area contributed by atoms with Gasteiger partial charge >= 0.3 is 5.97 Å². The van der Waals surface area contributed by atoms with Gasteiger partial charge in [0, 0.05) is 23.2 Å². The first-order valence-electron chi connectivity index (χ1n) is 8.81. The van der Waals surface area contributed by atoms with Gasteiger partial charge in [0.1, 0.15) is 11.7 Å². The Labute approximate surface area is 161 Å². The zero-order chi connectivity index (χ0) is 19.6. The molecule has 3 N–H and O–H groups in total. The van der Waals surface area contributed by atoms with Gasteiger partial charge in [0.2, 0.25) is 0 Å². The predicted molar refractivity (Wildman–Crippen MR) is 104 cm³/mol. The van der Waals surface area contributed by atoms with Crippen LogP contribution in [-0.4, -0.2) is 27.8 Å². The van der Waals surface area contributed by atoms with Crippen LogP contribution in [0.1, 0.15) is 37.8 Å². The molecule has 7 nitrogen and oxygen atoms in total. The molecule has 2 aromatic rings. The van der Waals surface area contributed by atoms with E-state index in [2.05, 4.69) is 26.8 Å². The molecule has 27 heavy (non-hydrogen) atoms. The highest BCUT2D eigenvalue weighted by Crippen LogP contribution is 2.42. The number of anilines is 1. The van der Waals surface area contributed by atoms with Gasteiger partial charge in [0.25, 0.3) is 5.56 Å². The van der Waals surface area contributed by atoms with Crippen LogP contribution in [0.3, 0.4) is 0 Å². The number of aromatic nitrogens is 3. The molecule has 2 aromatic heterocycles. The summed E-state index contributed by atoms with van der Waals surface area (Å²) in [6, 6.07) is 3.70. The van der Waals surface area contributed by atoms with Crippen LogP contribution in [0.15, 0.2) is 46.8 Å². The van der Waals surface area contributed by atoms with Crippen molar-refractivity contribution >= 4 is 23.5 Å². The van der Waals surface area contributed by atoms with Crippen LogP contribution >= 0.6 is 11.8 Å². The number of carbonyl (C=O) groups excluding carboxylic acids is 1. The molecule has 0 radical (unpaired) electrons. The lowest BCUT2D eigenvalue weighted by atomic mass is 9.78. The number of nitrogens with one attached hydrogen (secondary N) is 3. The summed E-state index contributed by atoms with van der Waals surface area (Å²) < 4.78 is 5.44. The van der Waals surface area contributed by atoms with Gasteiger partial charge in [-0.25, -0.2) is 9.97 Å². The molecule has 0 aliphatic carbocycles. The van der Waals surface area contributed by atoms with Crippen molar-refractivity contribution in [3.05, 3.63) is 58.3 Å². The number of esters is 1. The number of nitrogens with zero attached hydrogens (tertiary/aromatic N) is 1. The molecular weight excluding hydrogens is 364 g/mol. The lowest BCUT2D eigenvalue weighted by Crippen LogP contribution is -2.38. The van der Waals surface area contributed by atoms with Crippen LogP contribution in [0.5, 0.6) is 0 Å². The largest absolute Gasteiger partial charge is 0.462 e. The van der Waals surface area contributed by atoms with E-state index in [0.717, 1.165) is 11.3 Å². The fourth-order valence-corrected chi connectivity index (χ4v) is 3.79. The average molecular weight is 387 g/mol. The third kappa shape index (κ3) is 3.90. The second kappa shape index (κ2) is 7.96. The van der Waals surface area contributed by atoms with Crippen molar-refractivity contribution in [2.24, 2.45) is 5.92 Å². The maximum atomic E-state index is 12.9. The van der Waals surface area contributed by atoms with E-state index in [4.69, 9.17) is 4.74 Å². The topological polar surface area (TPSA) is 98.2 Å². The molecule has 1 aliphatic rings. The molecule has 0 aromatic carbocycles. The second-order valence-corrected chi connectivity index (χ2v) is 7.75. The van der Waals surface area contributed by atoms with Crippen molar-refractivity contribution in [1.82, 2.24) is 9.97 Å². The van der Waals surface area contributed by atoms with E-state index in [0.29, 0.717) is 22.2 Å². The number of rotatable bonds is 5. The Hall–Kier alpha value is -2.61. The van der Waals surface area contributed by atoms with Gasteiger partial charge in [-0.05, 0) is 25.7 Å². The number of ether oxygens (including phenoxy) is 1. The van der Waals surface area contributed by atoms with Crippen LogP contribution < -0.4 is 15.9 Å². The molecule has 0 bridgehead atoms. The molecule has 8 heteroatoms. The highest BCUT2D eigenvalue weighted by Gasteiger charge is 2.42. The normalized spacial score (nSPS) is 18.7. The minimum absolute atomic E-state index is 0.269. The van der Waals surface area contributed by atoms with Gasteiger partial charge in [0.15, 0.2) is 17.6 Å². The maximum Gasteiger partial charge on any atom is 0.316 e. The number of hydrogen-bond donors (Lipinski definition) is 2. The highest BCUT2D eigenvalue weighted by molar-refractivity contribution is 7.99. The van der Waals surface area contributed by atoms with E-state index < -0.39 is 17.8 Å². The summed E-state index contributed by atoms with van der Waals surface area (Å²) in [6.45, 7) is 9.59. The fraction of sp³-hybridized carbons (Fsp3) is 0.368. The minimum atomic E-state index is -0.733. The minimum Gasteiger partial charge on any atom is -0.462 e. The molecule has 142 valence electrons. The molecule has 0 spiro atoms. The number of hydrogen-bond acceptors (Lipinski definition) is 6.